The van der Waals surface area contributed by atoms with Crippen molar-refractivity contribution in [1.82, 2.24) is 24.9 Å². The molecule has 0 radical (unpaired) electrons. The Morgan fingerprint density at radius 2 is 1.94 bits per heavy atom. The van der Waals surface area contributed by atoms with E-state index < -0.39 is 0 Å². The van der Waals surface area contributed by atoms with Crippen LogP contribution in [-0.4, -0.2) is 44.8 Å². The Labute approximate surface area is 106 Å². The minimum Gasteiger partial charge on any atom is -0.350 e. The smallest absolute Gasteiger partial charge is 0.203 e. The standard InChI is InChI=1S/C12H18N6/c1-8-6-17(7-9(2)14-8)11-12-16-15-10(3)18(12)5-4-13-11/h4-5,8-9,14H,6-7H2,1-3H3. The van der Waals surface area contributed by atoms with Crippen LogP contribution in [0.25, 0.3) is 5.65 Å². The second-order valence-electron chi connectivity index (χ2n) is 5.07. The first-order valence-electron chi connectivity index (χ1n) is 6.32. The van der Waals surface area contributed by atoms with Crippen LogP contribution in [0.1, 0.15) is 19.7 Å². The summed E-state index contributed by atoms with van der Waals surface area (Å²) in [6.07, 6.45) is 3.72. The quantitative estimate of drug-likeness (QED) is 0.799. The van der Waals surface area contributed by atoms with E-state index in [1.807, 2.05) is 23.7 Å². The number of aromatic nitrogens is 4. The molecule has 0 aromatic carbocycles. The summed E-state index contributed by atoms with van der Waals surface area (Å²) in [6.45, 7) is 8.23. The van der Waals surface area contributed by atoms with Gasteiger partial charge in [0, 0.05) is 37.6 Å². The van der Waals surface area contributed by atoms with Gasteiger partial charge in [0.15, 0.2) is 5.82 Å². The Morgan fingerprint density at radius 1 is 1.22 bits per heavy atom. The van der Waals surface area contributed by atoms with E-state index in [0.717, 1.165) is 30.4 Å². The van der Waals surface area contributed by atoms with Gasteiger partial charge in [-0.25, -0.2) is 4.98 Å². The van der Waals surface area contributed by atoms with Crippen LogP contribution < -0.4 is 10.2 Å². The molecular weight excluding hydrogens is 228 g/mol. The van der Waals surface area contributed by atoms with Crippen molar-refractivity contribution >= 4 is 11.5 Å². The van der Waals surface area contributed by atoms with E-state index in [2.05, 4.69) is 39.2 Å². The molecule has 0 aliphatic carbocycles. The summed E-state index contributed by atoms with van der Waals surface area (Å²) in [5.74, 6) is 1.82. The van der Waals surface area contributed by atoms with Gasteiger partial charge in [0.25, 0.3) is 0 Å². The molecule has 1 saturated heterocycles. The predicted molar refractivity (Wildman–Crippen MR) is 69.8 cm³/mol. The van der Waals surface area contributed by atoms with Crippen LogP contribution in [0, 0.1) is 6.92 Å². The van der Waals surface area contributed by atoms with Crippen LogP contribution in [0.2, 0.25) is 0 Å². The Hall–Kier alpha value is -1.69. The molecule has 1 aliphatic heterocycles. The van der Waals surface area contributed by atoms with Gasteiger partial charge in [-0.15, -0.1) is 10.2 Å². The number of hydrogen-bond acceptors (Lipinski definition) is 5. The molecule has 2 aromatic heterocycles. The molecule has 0 spiro atoms. The maximum Gasteiger partial charge on any atom is 0.203 e. The molecule has 2 aromatic rings. The van der Waals surface area contributed by atoms with Gasteiger partial charge in [-0.1, -0.05) is 0 Å². The number of nitrogens with one attached hydrogen (secondary N) is 1. The van der Waals surface area contributed by atoms with E-state index >= 15 is 0 Å². The molecular formula is C12H18N6. The summed E-state index contributed by atoms with van der Waals surface area (Å²) >= 11 is 0. The highest BCUT2D eigenvalue weighted by Gasteiger charge is 2.24. The normalized spacial score (nSPS) is 24.7. The number of piperazine rings is 1. The second-order valence-corrected chi connectivity index (χ2v) is 5.07. The molecule has 2 unspecified atom stereocenters. The maximum atomic E-state index is 4.49. The van der Waals surface area contributed by atoms with Gasteiger partial charge in [0.1, 0.15) is 5.82 Å². The van der Waals surface area contributed by atoms with Crippen molar-refractivity contribution in [2.24, 2.45) is 0 Å². The van der Waals surface area contributed by atoms with Gasteiger partial charge < -0.3 is 10.2 Å². The lowest BCUT2D eigenvalue weighted by Gasteiger charge is -2.36. The maximum absolute atomic E-state index is 4.49. The van der Waals surface area contributed by atoms with Crippen molar-refractivity contribution < 1.29 is 0 Å². The largest absolute Gasteiger partial charge is 0.350 e. The highest BCUT2D eigenvalue weighted by atomic mass is 15.3. The number of rotatable bonds is 1. The SMILES string of the molecule is Cc1nnc2c(N3CC(C)NC(C)C3)nccn12. The van der Waals surface area contributed by atoms with Gasteiger partial charge in [-0.3, -0.25) is 4.40 Å². The van der Waals surface area contributed by atoms with Crippen molar-refractivity contribution in [3.05, 3.63) is 18.2 Å². The van der Waals surface area contributed by atoms with Crippen LogP contribution >= 0.6 is 0 Å². The van der Waals surface area contributed by atoms with Gasteiger partial charge in [0.2, 0.25) is 5.65 Å². The average Bonchev–Trinajstić information content (AvgIpc) is 2.70. The molecule has 0 saturated carbocycles. The van der Waals surface area contributed by atoms with Gasteiger partial charge in [0.05, 0.1) is 0 Å². The summed E-state index contributed by atoms with van der Waals surface area (Å²) < 4.78 is 1.99. The third kappa shape index (κ3) is 1.82. The van der Waals surface area contributed by atoms with E-state index in [4.69, 9.17) is 0 Å². The van der Waals surface area contributed by atoms with Gasteiger partial charge in [-0.05, 0) is 20.8 Å². The summed E-state index contributed by atoms with van der Waals surface area (Å²) in [5, 5.41) is 11.9. The molecule has 3 rings (SSSR count). The minimum absolute atomic E-state index is 0.458. The van der Waals surface area contributed by atoms with Crippen LogP contribution in [0.3, 0.4) is 0 Å². The lowest BCUT2D eigenvalue weighted by Crippen LogP contribution is -2.54. The number of aryl methyl sites for hydroxylation is 1. The predicted octanol–water partition coefficient (Wildman–Crippen LogP) is 0.619. The Kier molecular flexibility index (Phi) is 2.66. The summed E-state index contributed by atoms with van der Waals surface area (Å²) in [4.78, 5) is 6.77. The van der Waals surface area contributed by atoms with E-state index in [-0.39, 0.29) is 0 Å². The van der Waals surface area contributed by atoms with E-state index in [0.29, 0.717) is 12.1 Å². The first-order chi connectivity index (χ1) is 8.65. The van der Waals surface area contributed by atoms with Crippen LogP contribution in [0.15, 0.2) is 12.4 Å². The number of hydrogen-bond donors (Lipinski definition) is 1. The average molecular weight is 246 g/mol. The molecule has 0 bridgehead atoms. The Balaban J connectivity index is 2.03. The summed E-state index contributed by atoms with van der Waals surface area (Å²) in [6, 6.07) is 0.916. The lowest BCUT2D eigenvalue weighted by molar-refractivity contribution is 0.405. The topological polar surface area (TPSA) is 58.4 Å². The molecule has 2 atom stereocenters. The van der Waals surface area contributed by atoms with Crippen LogP contribution in [0.4, 0.5) is 5.82 Å². The zero-order valence-electron chi connectivity index (χ0n) is 11.0. The van der Waals surface area contributed by atoms with Crippen molar-refractivity contribution in [1.29, 1.82) is 0 Å². The second kappa shape index (κ2) is 4.20. The van der Waals surface area contributed by atoms with Crippen molar-refractivity contribution in [2.45, 2.75) is 32.9 Å². The van der Waals surface area contributed by atoms with Crippen molar-refractivity contribution in [3.8, 4) is 0 Å². The Morgan fingerprint density at radius 3 is 2.67 bits per heavy atom. The number of nitrogens with zero attached hydrogens (tertiary/aromatic N) is 5. The first kappa shape index (κ1) is 11.4. The van der Waals surface area contributed by atoms with E-state index in [1.54, 1.807) is 0 Å². The molecule has 1 fully saturated rings. The first-order valence-corrected chi connectivity index (χ1v) is 6.32. The minimum atomic E-state index is 0.458. The molecule has 18 heavy (non-hydrogen) atoms. The fourth-order valence-electron chi connectivity index (χ4n) is 2.65. The van der Waals surface area contributed by atoms with Crippen molar-refractivity contribution in [3.63, 3.8) is 0 Å². The summed E-state index contributed by atoms with van der Waals surface area (Å²) in [7, 11) is 0. The third-order valence-corrected chi connectivity index (χ3v) is 3.34. The highest BCUT2D eigenvalue weighted by molar-refractivity contribution is 5.64. The third-order valence-electron chi connectivity index (χ3n) is 3.34. The fraction of sp³-hybridized carbons (Fsp3) is 0.583. The van der Waals surface area contributed by atoms with Crippen LogP contribution in [0.5, 0.6) is 0 Å². The van der Waals surface area contributed by atoms with Gasteiger partial charge >= 0.3 is 0 Å². The summed E-state index contributed by atoms with van der Waals surface area (Å²) in [5.41, 5.74) is 0.844. The number of anilines is 1. The molecule has 0 amide bonds. The molecule has 96 valence electrons. The molecule has 6 heteroatoms. The molecule has 1 aliphatic rings. The highest BCUT2D eigenvalue weighted by Crippen LogP contribution is 2.19. The van der Waals surface area contributed by atoms with E-state index in [1.165, 1.54) is 0 Å². The number of fused-ring (bicyclic) bond motifs is 1. The Bertz CT molecular complexity index is 553. The fourth-order valence-corrected chi connectivity index (χ4v) is 2.65. The van der Waals surface area contributed by atoms with E-state index in [9.17, 15) is 0 Å². The lowest BCUT2D eigenvalue weighted by atomic mass is 10.1. The monoisotopic (exact) mass is 246 g/mol. The molecule has 3 heterocycles. The zero-order chi connectivity index (χ0) is 12.7. The van der Waals surface area contributed by atoms with Crippen LogP contribution in [-0.2, 0) is 0 Å². The zero-order valence-corrected chi connectivity index (χ0v) is 11.0. The molecule has 1 N–H and O–H groups in total. The molecule has 6 nitrogen and oxygen atoms in total. The van der Waals surface area contributed by atoms with Gasteiger partial charge in [-0.2, -0.15) is 0 Å². The van der Waals surface area contributed by atoms with Crippen molar-refractivity contribution in [2.75, 3.05) is 18.0 Å².